The summed E-state index contributed by atoms with van der Waals surface area (Å²) in [6.07, 6.45) is 4.48. The van der Waals surface area contributed by atoms with Gasteiger partial charge in [-0.1, -0.05) is 6.92 Å². The number of ether oxygens (including phenoxy) is 1. The average molecular weight is 328 g/mol. The summed E-state index contributed by atoms with van der Waals surface area (Å²) < 4.78 is 5.22. The number of nitrogens with zero attached hydrogens (tertiary/aromatic N) is 1. The van der Waals surface area contributed by atoms with Gasteiger partial charge in [-0.15, -0.1) is 0 Å². The van der Waals surface area contributed by atoms with Crippen LogP contribution in [0.25, 0.3) is 0 Å². The van der Waals surface area contributed by atoms with Crippen LogP contribution >= 0.6 is 0 Å². The Kier molecular flexibility index (Phi) is 8.92. The standard InChI is InChI=1S/C18H37N3O2/c1-6-12-21-13-7-9-16(14-21)15(2)19-10-8-11-20-17(22)23-18(3,4)5/h15-16,19H,6-14H2,1-5H3,(H,20,22). The summed E-state index contributed by atoms with van der Waals surface area (Å²) in [6.45, 7) is 15.5. The largest absolute Gasteiger partial charge is 0.444 e. The van der Waals surface area contributed by atoms with Crippen molar-refractivity contribution in [3.8, 4) is 0 Å². The van der Waals surface area contributed by atoms with E-state index in [0.29, 0.717) is 12.6 Å². The Morgan fingerprint density at radius 3 is 2.74 bits per heavy atom. The number of alkyl carbamates (subject to hydrolysis) is 1. The molecule has 1 saturated heterocycles. The van der Waals surface area contributed by atoms with Crippen LogP contribution in [0.15, 0.2) is 0 Å². The number of likely N-dealkylation sites (tertiary alicyclic amines) is 1. The second-order valence-electron chi connectivity index (χ2n) is 7.73. The Balaban J connectivity index is 2.12. The number of carbonyl (C=O) groups excluding carboxylic acids is 1. The summed E-state index contributed by atoms with van der Waals surface area (Å²) in [6, 6.07) is 0.538. The quantitative estimate of drug-likeness (QED) is 0.673. The molecule has 1 aliphatic rings. The van der Waals surface area contributed by atoms with E-state index >= 15 is 0 Å². The van der Waals surface area contributed by atoms with Gasteiger partial charge in [0, 0.05) is 19.1 Å². The summed E-state index contributed by atoms with van der Waals surface area (Å²) in [5, 5.41) is 6.43. The van der Waals surface area contributed by atoms with Gasteiger partial charge in [-0.2, -0.15) is 0 Å². The van der Waals surface area contributed by atoms with Crippen molar-refractivity contribution in [3.05, 3.63) is 0 Å². The molecule has 0 aliphatic carbocycles. The van der Waals surface area contributed by atoms with Crippen molar-refractivity contribution in [2.75, 3.05) is 32.7 Å². The lowest BCUT2D eigenvalue weighted by atomic mass is 9.91. The number of hydrogen-bond donors (Lipinski definition) is 2. The maximum absolute atomic E-state index is 11.5. The van der Waals surface area contributed by atoms with Crippen LogP contribution in [0.5, 0.6) is 0 Å². The van der Waals surface area contributed by atoms with Crippen molar-refractivity contribution in [1.29, 1.82) is 0 Å². The van der Waals surface area contributed by atoms with Gasteiger partial charge in [0.1, 0.15) is 5.60 Å². The molecule has 0 aromatic rings. The molecule has 1 amide bonds. The number of amides is 1. The lowest BCUT2D eigenvalue weighted by Crippen LogP contribution is -2.45. The zero-order valence-electron chi connectivity index (χ0n) is 15.8. The molecule has 1 aliphatic heterocycles. The Bertz CT molecular complexity index is 340. The minimum absolute atomic E-state index is 0.326. The average Bonchev–Trinajstić information content (AvgIpc) is 2.45. The van der Waals surface area contributed by atoms with E-state index in [1.807, 2.05) is 20.8 Å². The zero-order valence-corrected chi connectivity index (χ0v) is 15.8. The summed E-state index contributed by atoms with van der Waals surface area (Å²) in [4.78, 5) is 14.1. The molecule has 0 saturated carbocycles. The van der Waals surface area contributed by atoms with Gasteiger partial charge in [-0.25, -0.2) is 4.79 Å². The number of carbonyl (C=O) groups is 1. The van der Waals surface area contributed by atoms with Gasteiger partial charge >= 0.3 is 6.09 Å². The summed E-state index contributed by atoms with van der Waals surface area (Å²) in [5.74, 6) is 0.745. The molecule has 23 heavy (non-hydrogen) atoms. The van der Waals surface area contributed by atoms with E-state index < -0.39 is 5.60 Å². The minimum Gasteiger partial charge on any atom is -0.444 e. The first-order valence-electron chi connectivity index (χ1n) is 9.24. The molecule has 5 nitrogen and oxygen atoms in total. The highest BCUT2D eigenvalue weighted by atomic mass is 16.6. The van der Waals surface area contributed by atoms with Crippen LogP contribution in [-0.4, -0.2) is 55.4 Å². The zero-order chi connectivity index (χ0) is 17.3. The Morgan fingerprint density at radius 1 is 1.35 bits per heavy atom. The van der Waals surface area contributed by atoms with Crippen molar-refractivity contribution < 1.29 is 9.53 Å². The smallest absolute Gasteiger partial charge is 0.407 e. The van der Waals surface area contributed by atoms with Crippen molar-refractivity contribution in [3.63, 3.8) is 0 Å². The van der Waals surface area contributed by atoms with Gasteiger partial charge < -0.3 is 20.3 Å². The van der Waals surface area contributed by atoms with Gasteiger partial charge in [0.2, 0.25) is 0 Å². The van der Waals surface area contributed by atoms with Crippen LogP contribution in [-0.2, 0) is 4.74 Å². The second-order valence-corrected chi connectivity index (χ2v) is 7.73. The normalized spacial score (nSPS) is 21.0. The van der Waals surface area contributed by atoms with Crippen LogP contribution in [0.4, 0.5) is 4.79 Å². The summed E-state index contributed by atoms with van der Waals surface area (Å²) in [7, 11) is 0. The third-order valence-corrected chi connectivity index (χ3v) is 4.28. The lowest BCUT2D eigenvalue weighted by Gasteiger charge is -2.36. The van der Waals surface area contributed by atoms with Gasteiger partial charge in [0.05, 0.1) is 0 Å². The van der Waals surface area contributed by atoms with E-state index in [1.54, 1.807) is 0 Å². The monoisotopic (exact) mass is 327 g/mol. The third-order valence-electron chi connectivity index (χ3n) is 4.28. The third kappa shape index (κ3) is 9.16. The molecular weight excluding hydrogens is 290 g/mol. The molecule has 2 N–H and O–H groups in total. The van der Waals surface area contributed by atoms with Gasteiger partial charge in [0.25, 0.3) is 0 Å². The van der Waals surface area contributed by atoms with Crippen LogP contribution in [0, 0.1) is 5.92 Å². The molecule has 136 valence electrons. The summed E-state index contributed by atoms with van der Waals surface area (Å²) in [5.41, 5.74) is -0.428. The van der Waals surface area contributed by atoms with E-state index in [1.165, 1.54) is 38.9 Å². The topological polar surface area (TPSA) is 53.6 Å². The molecule has 1 heterocycles. The first-order chi connectivity index (χ1) is 10.8. The molecule has 0 aromatic heterocycles. The number of piperidine rings is 1. The fourth-order valence-electron chi connectivity index (χ4n) is 3.11. The maximum atomic E-state index is 11.5. The first-order valence-corrected chi connectivity index (χ1v) is 9.24. The fraction of sp³-hybridized carbons (Fsp3) is 0.944. The molecule has 2 unspecified atom stereocenters. The van der Waals surface area contributed by atoms with E-state index in [4.69, 9.17) is 4.74 Å². The van der Waals surface area contributed by atoms with E-state index in [2.05, 4.69) is 29.4 Å². The molecule has 2 atom stereocenters. The van der Waals surface area contributed by atoms with E-state index in [0.717, 1.165) is 18.9 Å². The molecule has 1 rings (SSSR count). The van der Waals surface area contributed by atoms with Crippen LogP contribution in [0.2, 0.25) is 0 Å². The van der Waals surface area contributed by atoms with Crippen molar-refractivity contribution in [2.24, 2.45) is 5.92 Å². The minimum atomic E-state index is -0.428. The predicted octanol–water partition coefficient (Wildman–Crippen LogP) is 3.00. The number of rotatable bonds is 8. The highest BCUT2D eigenvalue weighted by molar-refractivity contribution is 5.67. The second kappa shape index (κ2) is 10.1. The van der Waals surface area contributed by atoms with E-state index in [9.17, 15) is 4.79 Å². The molecule has 5 heteroatoms. The molecule has 0 bridgehead atoms. The SMILES string of the molecule is CCCN1CCCC(C(C)NCCCNC(=O)OC(C)(C)C)C1. The Morgan fingerprint density at radius 2 is 2.09 bits per heavy atom. The maximum Gasteiger partial charge on any atom is 0.407 e. The van der Waals surface area contributed by atoms with Crippen molar-refractivity contribution >= 4 is 6.09 Å². The molecule has 0 spiro atoms. The predicted molar refractivity (Wildman–Crippen MR) is 95.8 cm³/mol. The molecule has 1 fully saturated rings. The van der Waals surface area contributed by atoms with Gasteiger partial charge in [-0.3, -0.25) is 0 Å². The lowest BCUT2D eigenvalue weighted by molar-refractivity contribution is 0.0527. The Hall–Kier alpha value is -0.810. The van der Waals surface area contributed by atoms with Gasteiger partial charge in [0.15, 0.2) is 0 Å². The number of nitrogens with one attached hydrogen (secondary N) is 2. The van der Waals surface area contributed by atoms with Crippen LogP contribution in [0.3, 0.4) is 0 Å². The van der Waals surface area contributed by atoms with Crippen molar-refractivity contribution in [2.45, 2.75) is 71.9 Å². The summed E-state index contributed by atoms with van der Waals surface area (Å²) >= 11 is 0. The van der Waals surface area contributed by atoms with E-state index in [-0.39, 0.29) is 6.09 Å². The van der Waals surface area contributed by atoms with Crippen LogP contribution < -0.4 is 10.6 Å². The highest BCUT2D eigenvalue weighted by Gasteiger charge is 2.23. The highest BCUT2D eigenvalue weighted by Crippen LogP contribution is 2.19. The molecule has 0 aromatic carbocycles. The fourth-order valence-corrected chi connectivity index (χ4v) is 3.11. The van der Waals surface area contributed by atoms with Crippen LogP contribution in [0.1, 0.15) is 60.3 Å². The number of hydrogen-bond acceptors (Lipinski definition) is 4. The molecular formula is C18H37N3O2. The Labute approximate surface area is 142 Å². The van der Waals surface area contributed by atoms with Gasteiger partial charge in [-0.05, 0) is 78.9 Å². The van der Waals surface area contributed by atoms with Crippen molar-refractivity contribution in [1.82, 2.24) is 15.5 Å². The first kappa shape index (κ1) is 20.2. The molecule has 0 radical (unpaired) electrons.